The minimum Gasteiger partial charge on any atom is -0.321 e. The van der Waals surface area contributed by atoms with Gasteiger partial charge in [0.15, 0.2) is 0 Å². The first-order valence-electron chi connectivity index (χ1n) is 4.87. The van der Waals surface area contributed by atoms with E-state index in [-0.39, 0.29) is 5.91 Å². The van der Waals surface area contributed by atoms with Crippen molar-refractivity contribution < 1.29 is 4.79 Å². The number of benzene rings is 1. The molecule has 1 heterocycles. The highest BCUT2D eigenvalue weighted by molar-refractivity contribution is 9.10. The Hall–Kier alpha value is -0.840. The Kier molecular flexibility index (Phi) is 3.86. The van der Waals surface area contributed by atoms with Crippen LogP contribution < -0.4 is 5.32 Å². The van der Waals surface area contributed by atoms with Crippen molar-refractivity contribution in [2.75, 3.05) is 5.32 Å². The summed E-state index contributed by atoms with van der Waals surface area (Å²) in [6.07, 6.45) is 0. The summed E-state index contributed by atoms with van der Waals surface area (Å²) in [7, 11) is 0. The fraction of sp³-hybridized carbons (Fsp3) is 0.0833. The zero-order chi connectivity index (χ0) is 12.4. The number of rotatable bonds is 2. The van der Waals surface area contributed by atoms with Crippen molar-refractivity contribution in [3.8, 4) is 0 Å². The van der Waals surface area contributed by atoms with Crippen LogP contribution in [0.2, 0.25) is 5.02 Å². The maximum atomic E-state index is 12.0. The van der Waals surface area contributed by atoms with E-state index in [1.54, 1.807) is 18.2 Å². The van der Waals surface area contributed by atoms with Gasteiger partial charge >= 0.3 is 0 Å². The van der Waals surface area contributed by atoms with Gasteiger partial charge in [-0.05, 0) is 52.0 Å². The molecule has 17 heavy (non-hydrogen) atoms. The number of thiophene rings is 1. The molecule has 0 aliphatic heterocycles. The third kappa shape index (κ3) is 2.89. The average Bonchev–Trinajstić information content (AvgIpc) is 2.68. The van der Waals surface area contributed by atoms with Crippen molar-refractivity contribution in [3.63, 3.8) is 0 Å². The van der Waals surface area contributed by atoms with Crippen LogP contribution in [0.3, 0.4) is 0 Å². The Bertz CT molecular complexity index is 567. The number of carbonyl (C=O) groups is 1. The topological polar surface area (TPSA) is 29.1 Å². The van der Waals surface area contributed by atoms with Crippen LogP contribution in [0.15, 0.2) is 33.4 Å². The average molecular weight is 331 g/mol. The molecule has 5 heteroatoms. The van der Waals surface area contributed by atoms with E-state index in [2.05, 4.69) is 21.2 Å². The number of aryl methyl sites for hydroxylation is 1. The van der Waals surface area contributed by atoms with E-state index < -0.39 is 0 Å². The molecule has 1 amide bonds. The summed E-state index contributed by atoms with van der Waals surface area (Å²) in [6.45, 7) is 1.92. The molecule has 88 valence electrons. The van der Waals surface area contributed by atoms with Gasteiger partial charge in [0.05, 0.1) is 11.3 Å². The van der Waals surface area contributed by atoms with Gasteiger partial charge in [-0.1, -0.05) is 11.6 Å². The predicted molar refractivity (Wildman–Crippen MR) is 76.2 cm³/mol. The van der Waals surface area contributed by atoms with Gasteiger partial charge in [0.25, 0.3) is 5.91 Å². The van der Waals surface area contributed by atoms with Gasteiger partial charge in [0.2, 0.25) is 0 Å². The van der Waals surface area contributed by atoms with E-state index in [1.165, 1.54) is 11.3 Å². The van der Waals surface area contributed by atoms with Gasteiger partial charge in [-0.25, -0.2) is 0 Å². The summed E-state index contributed by atoms with van der Waals surface area (Å²) >= 11 is 10.7. The van der Waals surface area contributed by atoms with Crippen molar-refractivity contribution in [1.82, 2.24) is 0 Å². The zero-order valence-electron chi connectivity index (χ0n) is 8.96. The largest absolute Gasteiger partial charge is 0.321 e. The second kappa shape index (κ2) is 5.21. The van der Waals surface area contributed by atoms with Crippen LogP contribution in [-0.4, -0.2) is 5.91 Å². The molecule has 1 N–H and O–H groups in total. The summed E-state index contributed by atoms with van der Waals surface area (Å²) in [6, 6.07) is 5.26. The van der Waals surface area contributed by atoms with E-state index >= 15 is 0 Å². The number of carbonyl (C=O) groups excluding carboxylic acids is 1. The Morgan fingerprint density at radius 1 is 1.41 bits per heavy atom. The summed E-state index contributed by atoms with van der Waals surface area (Å²) in [5.41, 5.74) is 2.40. The molecular weight excluding hydrogens is 322 g/mol. The van der Waals surface area contributed by atoms with E-state index in [1.807, 2.05) is 17.7 Å². The number of amides is 1. The van der Waals surface area contributed by atoms with Crippen LogP contribution in [0.25, 0.3) is 0 Å². The minimum absolute atomic E-state index is 0.105. The van der Waals surface area contributed by atoms with Crippen molar-refractivity contribution in [1.29, 1.82) is 0 Å². The lowest BCUT2D eigenvalue weighted by Crippen LogP contribution is -2.12. The molecule has 2 rings (SSSR count). The lowest BCUT2D eigenvalue weighted by atomic mass is 10.2. The smallest absolute Gasteiger partial charge is 0.256 e. The third-order valence-electron chi connectivity index (χ3n) is 2.28. The van der Waals surface area contributed by atoms with Crippen LogP contribution in [0.5, 0.6) is 0 Å². The molecule has 0 spiro atoms. The maximum Gasteiger partial charge on any atom is 0.256 e. The molecule has 0 aliphatic carbocycles. The SMILES string of the molecule is Cc1cscc1C(=O)Nc1ccc(Cl)cc1Br. The highest BCUT2D eigenvalue weighted by atomic mass is 79.9. The van der Waals surface area contributed by atoms with Crippen molar-refractivity contribution >= 4 is 50.5 Å². The monoisotopic (exact) mass is 329 g/mol. The lowest BCUT2D eigenvalue weighted by Gasteiger charge is -2.07. The van der Waals surface area contributed by atoms with E-state index in [0.717, 1.165) is 10.0 Å². The van der Waals surface area contributed by atoms with E-state index in [0.29, 0.717) is 16.3 Å². The molecule has 0 saturated carbocycles. The molecule has 1 aromatic carbocycles. The minimum atomic E-state index is -0.105. The van der Waals surface area contributed by atoms with Crippen molar-refractivity contribution in [2.45, 2.75) is 6.92 Å². The Labute approximate surface area is 117 Å². The second-order valence-corrected chi connectivity index (χ2v) is 5.58. The normalized spacial score (nSPS) is 10.3. The summed E-state index contributed by atoms with van der Waals surface area (Å²) in [5, 5.41) is 7.26. The number of halogens is 2. The maximum absolute atomic E-state index is 12.0. The number of hydrogen-bond acceptors (Lipinski definition) is 2. The Morgan fingerprint density at radius 3 is 2.76 bits per heavy atom. The first kappa shape index (κ1) is 12.6. The summed E-state index contributed by atoms with van der Waals surface area (Å²) < 4.78 is 0.770. The fourth-order valence-electron chi connectivity index (χ4n) is 1.37. The van der Waals surface area contributed by atoms with Gasteiger partial charge in [-0.15, -0.1) is 0 Å². The van der Waals surface area contributed by atoms with Crippen LogP contribution in [-0.2, 0) is 0 Å². The Morgan fingerprint density at radius 2 is 2.18 bits per heavy atom. The molecule has 2 nitrogen and oxygen atoms in total. The van der Waals surface area contributed by atoms with Gasteiger partial charge in [-0.2, -0.15) is 11.3 Å². The van der Waals surface area contributed by atoms with Gasteiger partial charge < -0.3 is 5.32 Å². The molecule has 0 radical (unpaired) electrons. The first-order chi connectivity index (χ1) is 8.08. The van der Waals surface area contributed by atoms with E-state index in [9.17, 15) is 4.79 Å². The first-order valence-corrected chi connectivity index (χ1v) is 6.98. The molecule has 1 aromatic heterocycles. The summed E-state index contributed by atoms with van der Waals surface area (Å²) in [4.78, 5) is 12.0. The molecule has 2 aromatic rings. The number of hydrogen-bond donors (Lipinski definition) is 1. The van der Waals surface area contributed by atoms with Gasteiger partial charge in [0.1, 0.15) is 0 Å². The molecule has 0 aliphatic rings. The van der Waals surface area contributed by atoms with Crippen LogP contribution >= 0.6 is 38.9 Å². The van der Waals surface area contributed by atoms with Crippen LogP contribution in [0.4, 0.5) is 5.69 Å². The quantitative estimate of drug-likeness (QED) is 0.847. The summed E-state index contributed by atoms with van der Waals surface area (Å²) in [5.74, 6) is -0.105. The molecule has 0 bridgehead atoms. The molecular formula is C12H9BrClNOS. The lowest BCUT2D eigenvalue weighted by molar-refractivity contribution is 0.102. The third-order valence-corrected chi connectivity index (χ3v) is 4.03. The van der Waals surface area contributed by atoms with E-state index in [4.69, 9.17) is 11.6 Å². The highest BCUT2D eigenvalue weighted by Crippen LogP contribution is 2.26. The van der Waals surface area contributed by atoms with Crippen molar-refractivity contribution in [3.05, 3.63) is 49.6 Å². The molecule has 0 unspecified atom stereocenters. The van der Waals surface area contributed by atoms with Crippen molar-refractivity contribution in [2.24, 2.45) is 0 Å². The van der Waals surface area contributed by atoms with Gasteiger partial charge in [-0.3, -0.25) is 4.79 Å². The van der Waals surface area contributed by atoms with Crippen LogP contribution in [0, 0.1) is 6.92 Å². The molecule has 0 atom stereocenters. The number of nitrogens with one attached hydrogen (secondary N) is 1. The molecule has 0 fully saturated rings. The Balaban J connectivity index is 2.22. The second-order valence-electron chi connectivity index (χ2n) is 3.55. The van der Waals surface area contributed by atoms with Gasteiger partial charge in [0, 0.05) is 14.9 Å². The predicted octanol–water partition coefficient (Wildman–Crippen LogP) is 4.72. The molecule has 0 saturated heterocycles. The fourth-order valence-corrected chi connectivity index (χ4v) is 2.98. The number of anilines is 1. The standard InChI is InChI=1S/C12H9BrClNOS/c1-7-5-17-6-9(7)12(16)15-11-3-2-8(14)4-10(11)13/h2-6H,1H3,(H,15,16). The zero-order valence-corrected chi connectivity index (χ0v) is 12.1. The van der Waals surface area contributed by atoms with Crippen LogP contribution in [0.1, 0.15) is 15.9 Å². The highest BCUT2D eigenvalue weighted by Gasteiger charge is 2.11.